The molecule has 1 aliphatic rings. The number of likely N-dealkylation sites (tertiary alicyclic amines) is 1. The predicted octanol–water partition coefficient (Wildman–Crippen LogP) is 2.71. The summed E-state index contributed by atoms with van der Waals surface area (Å²) in [7, 11) is 0. The van der Waals surface area contributed by atoms with Gasteiger partial charge in [-0.3, -0.25) is 14.4 Å². The molecular formula is C17H20ClN3O3. The third-order valence-electron chi connectivity index (χ3n) is 4.41. The molecule has 7 heteroatoms. The van der Waals surface area contributed by atoms with Crippen molar-refractivity contribution in [2.75, 3.05) is 13.1 Å². The second-order valence-corrected chi connectivity index (χ2v) is 6.51. The van der Waals surface area contributed by atoms with Gasteiger partial charge in [-0.15, -0.1) is 0 Å². The van der Waals surface area contributed by atoms with E-state index in [1.807, 2.05) is 12.1 Å². The van der Waals surface area contributed by atoms with Crippen LogP contribution in [0.15, 0.2) is 30.5 Å². The zero-order valence-electron chi connectivity index (χ0n) is 13.2. The Morgan fingerprint density at radius 1 is 1.38 bits per heavy atom. The van der Waals surface area contributed by atoms with Crippen molar-refractivity contribution in [2.45, 2.75) is 31.8 Å². The summed E-state index contributed by atoms with van der Waals surface area (Å²) in [5, 5.41) is 23.3. The van der Waals surface area contributed by atoms with Gasteiger partial charge in [-0.25, -0.2) is 0 Å². The minimum atomic E-state index is -0.890. The Morgan fingerprint density at radius 2 is 2.21 bits per heavy atom. The first-order valence-electron chi connectivity index (χ1n) is 7.97. The number of aliphatic carboxylic acids is 1. The number of hydrogen-bond donors (Lipinski definition) is 2. The summed E-state index contributed by atoms with van der Waals surface area (Å²) >= 11 is 6.17. The Hall–Kier alpha value is -2.05. The van der Waals surface area contributed by atoms with Crippen LogP contribution >= 0.6 is 11.6 Å². The normalized spacial score (nSPS) is 18.6. The first-order chi connectivity index (χ1) is 11.5. The molecule has 0 radical (unpaired) electrons. The molecule has 24 heavy (non-hydrogen) atoms. The topological polar surface area (TPSA) is 78.6 Å². The fourth-order valence-electron chi connectivity index (χ4n) is 3.32. The van der Waals surface area contributed by atoms with Crippen molar-refractivity contribution < 1.29 is 15.0 Å². The zero-order valence-corrected chi connectivity index (χ0v) is 14.0. The van der Waals surface area contributed by atoms with Crippen molar-refractivity contribution >= 4 is 17.6 Å². The molecule has 6 nitrogen and oxygen atoms in total. The molecule has 1 aromatic carbocycles. The van der Waals surface area contributed by atoms with Crippen LogP contribution in [0.25, 0.3) is 0 Å². The Kier molecular flexibility index (Phi) is 5.06. The molecule has 1 saturated heterocycles. The van der Waals surface area contributed by atoms with E-state index < -0.39 is 5.97 Å². The zero-order chi connectivity index (χ0) is 17.1. The molecule has 0 saturated carbocycles. The summed E-state index contributed by atoms with van der Waals surface area (Å²) < 4.78 is 1.57. The molecule has 2 heterocycles. The van der Waals surface area contributed by atoms with E-state index in [4.69, 9.17) is 16.7 Å². The highest BCUT2D eigenvalue weighted by molar-refractivity contribution is 6.32. The molecule has 1 atom stereocenters. The summed E-state index contributed by atoms with van der Waals surface area (Å²) in [6.07, 6.45) is 3.69. The van der Waals surface area contributed by atoms with E-state index in [0.29, 0.717) is 11.6 Å². The monoisotopic (exact) mass is 349 g/mol. The van der Waals surface area contributed by atoms with E-state index in [1.165, 1.54) is 0 Å². The second kappa shape index (κ2) is 7.23. The molecular weight excluding hydrogens is 330 g/mol. The fraction of sp³-hybridized carbons (Fsp3) is 0.412. The highest BCUT2D eigenvalue weighted by atomic mass is 35.5. The lowest BCUT2D eigenvalue weighted by atomic mass is 9.94. The number of phenolic OH excluding ortho intramolecular Hbond substituents is 1. The van der Waals surface area contributed by atoms with Crippen molar-refractivity contribution in [2.24, 2.45) is 0 Å². The van der Waals surface area contributed by atoms with Crippen molar-refractivity contribution in [3.05, 3.63) is 46.7 Å². The summed E-state index contributed by atoms with van der Waals surface area (Å²) in [5.74, 6) is -0.543. The van der Waals surface area contributed by atoms with Gasteiger partial charge in [-0.05, 0) is 37.1 Å². The van der Waals surface area contributed by atoms with Gasteiger partial charge in [-0.1, -0.05) is 23.7 Å². The molecule has 2 aromatic rings. The Labute approximate surface area is 145 Å². The van der Waals surface area contributed by atoms with Crippen molar-refractivity contribution in [3.63, 3.8) is 0 Å². The van der Waals surface area contributed by atoms with Gasteiger partial charge in [0.2, 0.25) is 0 Å². The number of halogens is 1. The van der Waals surface area contributed by atoms with Crippen LogP contribution in [0, 0.1) is 0 Å². The molecule has 128 valence electrons. The average molecular weight is 350 g/mol. The highest BCUT2D eigenvalue weighted by Gasteiger charge is 2.25. The van der Waals surface area contributed by atoms with E-state index in [-0.39, 0.29) is 18.2 Å². The number of rotatable bonds is 5. The minimum absolute atomic E-state index is 0.0993. The predicted molar refractivity (Wildman–Crippen MR) is 90.2 cm³/mol. The van der Waals surface area contributed by atoms with E-state index >= 15 is 0 Å². The fourth-order valence-corrected chi connectivity index (χ4v) is 3.51. The highest BCUT2D eigenvalue weighted by Crippen LogP contribution is 2.31. The average Bonchev–Trinajstić information content (AvgIpc) is 2.99. The van der Waals surface area contributed by atoms with Crippen LogP contribution in [0.4, 0.5) is 0 Å². The minimum Gasteiger partial charge on any atom is -0.506 e. The summed E-state index contributed by atoms with van der Waals surface area (Å²) in [5.41, 5.74) is 1.86. The molecule has 1 aliphatic heterocycles. The first-order valence-corrected chi connectivity index (χ1v) is 8.34. The van der Waals surface area contributed by atoms with Crippen molar-refractivity contribution in [1.82, 2.24) is 14.7 Å². The standard InChI is InChI=1S/C17H20ClN3O3/c18-17-13(3-1-5-15(17)22)10-20-8-2-4-12(9-20)14-6-7-19-21(14)11-16(23)24/h1,3,5-7,12,22H,2,4,8-11H2,(H,23,24). The molecule has 0 spiro atoms. The lowest BCUT2D eigenvalue weighted by molar-refractivity contribution is -0.137. The number of benzene rings is 1. The van der Waals surface area contributed by atoms with E-state index in [0.717, 1.165) is 37.2 Å². The van der Waals surface area contributed by atoms with Crippen LogP contribution in [0.3, 0.4) is 0 Å². The van der Waals surface area contributed by atoms with Crippen LogP contribution in [0.2, 0.25) is 5.02 Å². The number of carboxylic acids is 1. The van der Waals surface area contributed by atoms with Crippen LogP contribution in [0.1, 0.15) is 30.0 Å². The second-order valence-electron chi connectivity index (χ2n) is 6.13. The maximum atomic E-state index is 11.0. The Bertz CT molecular complexity index is 732. The van der Waals surface area contributed by atoms with Gasteiger partial charge >= 0.3 is 5.97 Å². The number of phenols is 1. The van der Waals surface area contributed by atoms with Crippen LogP contribution in [0.5, 0.6) is 5.75 Å². The number of piperidine rings is 1. The number of nitrogens with zero attached hydrogens (tertiary/aromatic N) is 3. The maximum absolute atomic E-state index is 11.0. The van der Waals surface area contributed by atoms with Crippen molar-refractivity contribution in [3.8, 4) is 5.75 Å². The largest absolute Gasteiger partial charge is 0.506 e. The number of carbonyl (C=O) groups is 1. The summed E-state index contributed by atoms with van der Waals surface area (Å²) in [4.78, 5) is 13.3. The molecule has 1 unspecified atom stereocenters. The van der Waals surface area contributed by atoms with Crippen molar-refractivity contribution in [1.29, 1.82) is 0 Å². The number of aromatic nitrogens is 2. The number of aromatic hydroxyl groups is 1. The summed E-state index contributed by atoms with van der Waals surface area (Å²) in [6, 6.07) is 7.19. The maximum Gasteiger partial charge on any atom is 0.325 e. The van der Waals surface area contributed by atoms with Gasteiger partial charge in [0, 0.05) is 30.9 Å². The van der Waals surface area contributed by atoms with Gasteiger partial charge in [0.15, 0.2) is 0 Å². The molecule has 3 rings (SSSR count). The van der Waals surface area contributed by atoms with E-state index in [9.17, 15) is 9.90 Å². The molecule has 2 N–H and O–H groups in total. The first kappa shape index (κ1) is 16.8. The number of hydrogen-bond acceptors (Lipinski definition) is 4. The quantitative estimate of drug-likeness (QED) is 0.867. The molecule has 0 aliphatic carbocycles. The third kappa shape index (κ3) is 3.71. The third-order valence-corrected chi connectivity index (χ3v) is 4.85. The van der Waals surface area contributed by atoms with Gasteiger partial charge in [0.05, 0.1) is 5.02 Å². The lowest BCUT2D eigenvalue weighted by Crippen LogP contribution is -2.35. The molecule has 0 bridgehead atoms. The van der Waals surface area contributed by atoms with Gasteiger partial charge in [-0.2, -0.15) is 5.10 Å². The Balaban J connectivity index is 1.72. The van der Waals surface area contributed by atoms with Crippen LogP contribution in [-0.2, 0) is 17.9 Å². The summed E-state index contributed by atoms with van der Waals surface area (Å²) in [6.45, 7) is 2.32. The SMILES string of the molecule is O=C(O)Cn1nccc1C1CCCN(Cc2cccc(O)c2Cl)C1. The lowest BCUT2D eigenvalue weighted by Gasteiger charge is -2.33. The molecule has 1 fully saturated rings. The van der Waals surface area contributed by atoms with E-state index in [2.05, 4.69) is 10.00 Å². The van der Waals surface area contributed by atoms with E-state index in [1.54, 1.807) is 23.0 Å². The number of carboxylic acid groups (broad SMARTS) is 1. The van der Waals surface area contributed by atoms with Gasteiger partial charge in [0.1, 0.15) is 12.3 Å². The van der Waals surface area contributed by atoms with Crippen LogP contribution < -0.4 is 0 Å². The molecule has 0 amide bonds. The van der Waals surface area contributed by atoms with Gasteiger partial charge in [0.25, 0.3) is 0 Å². The Morgan fingerprint density at radius 3 is 3.00 bits per heavy atom. The molecule has 1 aromatic heterocycles. The smallest absolute Gasteiger partial charge is 0.325 e. The van der Waals surface area contributed by atoms with Gasteiger partial charge < -0.3 is 10.2 Å². The van der Waals surface area contributed by atoms with Crippen LogP contribution in [-0.4, -0.2) is 44.0 Å².